The van der Waals surface area contributed by atoms with E-state index in [4.69, 9.17) is 9.47 Å². The quantitative estimate of drug-likeness (QED) is 0.841. The van der Waals surface area contributed by atoms with Gasteiger partial charge in [0.25, 0.3) is 0 Å². The molecule has 1 aliphatic rings. The number of hydrogen-bond acceptors (Lipinski definition) is 5. The SMILES string of the molecule is COc1cccc(CC(=O)N2CCC(Oc3cnccn3)C2)c1. The van der Waals surface area contributed by atoms with Crippen molar-refractivity contribution < 1.29 is 14.3 Å². The average molecular weight is 313 g/mol. The van der Waals surface area contributed by atoms with Crippen molar-refractivity contribution in [3.05, 3.63) is 48.4 Å². The van der Waals surface area contributed by atoms with E-state index in [9.17, 15) is 4.79 Å². The number of aromatic nitrogens is 2. The lowest BCUT2D eigenvalue weighted by Crippen LogP contribution is -2.32. The van der Waals surface area contributed by atoms with Crippen molar-refractivity contribution in [1.29, 1.82) is 0 Å². The Hall–Kier alpha value is -2.63. The second-order valence-corrected chi connectivity index (χ2v) is 5.44. The third-order valence-electron chi connectivity index (χ3n) is 3.81. The molecule has 1 unspecified atom stereocenters. The van der Waals surface area contributed by atoms with Crippen LogP contribution in [0, 0.1) is 0 Å². The van der Waals surface area contributed by atoms with Crippen LogP contribution in [0.3, 0.4) is 0 Å². The number of nitrogens with zero attached hydrogens (tertiary/aromatic N) is 3. The summed E-state index contributed by atoms with van der Waals surface area (Å²) in [6.07, 6.45) is 5.93. The van der Waals surface area contributed by atoms with Crippen molar-refractivity contribution in [3.63, 3.8) is 0 Å². The van der Waals surface area contributed by atoms with Crippen LogP contribution in [-0.2, 0) is 11.2 Å². The molecule has 6 nitrogen and oxygen atoms in total. The summed E-state index contributed by atoms with van der Waals surface area (Å²) in [5.74, 6) is 1.36. The molecule has 0 saturated carbocycles. The zero-order valence-electron chi connectivity index (χ0n) is 13.0. The number of likely N-dealkylation sites (tertiary alicyclic amines) is 1. The molecule has 1 amide bonds. The molecule has 0 bridgehead atoms. The largest absolute Gasteiger partial charge is 0.497 e. The van der Waals surface area contributed by atoms with E-state index in [1.165, 1.54) is 0 Å². The van der Waals surface area contributed by atoms with Crippen molar-refractivity contribution in [1.82, 2.24) is 14.9 Å². The highest BCUT2D eigenvalue weighted by Gasteiger charge is 2.27. The average Bonchev–Trinajstić information content (AvgIpc) is 3.04. The molecule has 1 aromatic heterocycles. The first kappa shape index (κ1) is 15.3. The third-order valence-corrected chi connectivity index (χ3v) is 3.81. The van der Waals surface area contributed by atoms with Crippen LogP contribution in [0.2, 0.25) is 0 Å². The predicted molar refractivity (Wildman–Crippen MR) is 84.3 cm³/mol. The first-order valence-electron chi connectivity index (χ1n) is 7.58. The Labute approximate surface area is 135 Å². The maximum absolute atomic E-state index is 12.4. The molecule has 23 heavy (non-hydrogen) atoms. The molecule has 0 N–H and O–H groups in total. The number of methoxy groups -OCH3 is 1. The summed E-state index contributed by atoms with van der Waals surface area (Å²) in [7, 11) is 1.62. The Bertz CT molecular complexity index is 663. The van der Waals surface area contributed by atoms with E-state index in [1.807, 2.05) is 29.2 Å². The number of hydrogen-bond donors (Lipinski definition) is 0. The minimum atomic E-state index is -0.0269. The lowest BCUT2D eigenvalue weighted by atomic mass is 10.1. The van der Waals surface area contributed by atoms with E-state index < -0.39 is 0 Å². The Kier molecular flexibility index (Phi) is 4.71. The predicted octanol–water partition coefficient (Wildman–Crippen LogP) is 1.71. The van der Waals surface area contributed by atoms with Gasteiger partial charge in [-0.15, -0.1) is 0 Å². The van der Waals surface area contributed by atoms with Gasteiger partial charge in [0.1, 0.15) is 11.9 Å². The van der Waals surface area contributed by atoms with Crippen LogP contribution in [-0.4, -0.2) is 47.1 Å². The van der Waals surface area contributed by atoms with Gasteiger partial charge in [-0.1, -0.05) is 12.1 Å². The summed E-state index contributed by atoms with van der Waals surface area (Å²) >= 11 is 0. The van der Waals surface area contributed by atoms with Crippen molar-refractivity contribution >= 4 is 5.91 Å². The van der Waals surface area contributed by atoms with Crippen molar-refractivity contribution in [2.24, 2.45) is 0 Å². The summed E-state index contributed by atoms with van der Waals surface area (Å²) in [6, 6.07) is 7.59. The Morgan fingerprint density at radius 2 is 2.30 bits per heavy atom. The molecule has 0 spiro atoms. The summed E-state index contributed by atoms with van der Waals surface area (Å²) < 4.78 is 10.9. The summed E-state index contributed by atoms with van der Waals surface area (Å²) in [6.45, 7) is 1.28. The van der Waals surface area contributed by atoms with E-state index in [2.05, 4.69) is 9.97 Å². The molecule has 2 aromatic rings. The van der Waals surface area contributed by atoms with Gasteiger partial charge in [0.2, 0.25) is 11.8 Å². The van der Waals surface area contributed by atoms with E-state index in [1.54, 1.807) is 25.7 Å². The van der Waals surface area contributed by atoms with E-state index in [0.717, 1.165) is 17.7 Å². The highest BCUT2D eigenvalue weighted by Crippen LogP contribution is 2.18. The maximum Gasteiger partial charge on any atom is 0.232 e. The number of amides is 1. The van der Waals surface area contributed by atoms with Gasteiger partial charge in [0, 0.05) is 25.4 Å². The number of ether oxygens (including phenoxy) is 2. The molecular formula is C17H19N3O3. The lowest BCUT2D eigenvalue weighted by Gasteiger charge is -2.17. The molecule has 6 heteroatoms. The molecule has 1 aliphatic heterocycles. The minimum Gasteiger partial charge on any atom is -0.497 e. The molecule has 120 valence electrons. The number of carbonyl (C=O) groups is 1. The fourth-order valence-corrected chi connectivity index (χ4v) is 2.64. The zero-order valence-corrected chi connectivity index (χ0v) is 13.0. The molecule has 1 saturated heterocycles. The zero-order chi connectivity index (χ0) is 16.1. The molecule has 1 atom stereocenters. The fraction of sp³-hybridized carbons (Fsp3) is 0.353. The second-order valence-electron chi connectivity index (χ2n) is 5.44. The molecule has 2 heterocycles. The molecule has 0 radical (unpaired) electrons. The Morgan fingerprint density at radius 3 is 3.09 bits per heavy atom. The standard InChI is InChI=1S/C17H19N3O3/c1-22-14-4-2-3-13(9-14)10-17(21)20-8-5-15(12-20)23-16-11-18-6-7-19-16/h2-4,6-7,9,11,15H,5,8,10,12H2,1H3. The fourth-order valence-electron chi connectivity index (χ4n) is 2.64. The monoisotopic (exact) mass is 313 g/mol. The van der Waals surface area contributed by atoms with Crippen LogP contribution in [0.4, 0.5) is 0 Å². The summed E-state index contributed by atoms with van der Waals surface area (Å²) in [5, 5.41) is 0. The Balaban J connectivity index is 1.55. The third kappa shape index (κ3) is 3.97. The molecule has 1 aromatic carbocycles. The molecule has 1 fully saturated rings. The Morgan fingerprint density at radius 1 is 1.39 bits per heavy atom. The first-order valence-corrected chi connectivity index (χ1v) is 7.58. The molecular weight excluding hydrogens is 294 g/mol. The lowest BCUT2D eigenvalue weighted by molar-refractivity contribution is -0.129. The number of carbonyl (C=O) groups excluding carboxylic acids is 1. The van der Waals surface area contributed by atoms with Crippen LogP contribution in [0.1, 0.15) is 12.0 Å². The van der Waals surface area contributed by atoms with Gasteiger partial charge in [-0.3, -0.25) is 9.78 Å². The van der Waals surface area contributed by atoms with Gasteiger partial charge >= 0.3 is 0 Å². The topological polar surface area (TPSA) is 64.5 Å². The van der Waals surface area contributed by atoms with E-state index in [-0.39, 0.29) is 12.0 Å². The minimum absolute atomic E-state index is 0.0269. The van der Waals surface area contributed by atoms with Gasteiger partial charge in [-0.05, 0) is 17.7 Å². The smallest absolute Gasteiger partial charge is 0.232 e. The summed E-state index contributed by atoms with van der Waals surface area (Å²) in [4.78, 5) is 22.3. The van der Waals surface area contributed by atoms with Crippen molar-refractivity contribution in [2.75, 3.05) is 20.2 Å². The van der Waals surface area contributed by atoms with Crippen LogP contribution >= 0.6 is 0 Å². The van der Waals surface area contributed by atoms with Gasteiger partial charge in [0.15, 0.2) is 0 Å². The normalized spacial score (nSPS) is 17.1. The van der Waals surface area contributed by atoms with E-state index in [0.29, 0.717) is 25.4 Å². The number of benzene rings is 1. The molecule has 3 rings (SSSR count). The summed E-state index contributed by atoms with van der Waals surface area (Å²) in [5.41, 5.74) is 0.952. The number of rotatable bonds is 5. The van der Waals surface area contributed by atoms with Crippen LogP contribution < -0.4 is 9.47 Å². The molecule has 0 aliphatic carbocycles. The van der Waals surface area contributed by atoms with Gasteiger partial charge in [0.05, 0.1) is 26.3 Å². The first-order chi connectivity index (χ1) is 11.2. The van der Waals surface area contributed by atoms with Crippen molar-refractivity contribution in [2.45, 2.75) is 18.9 Å². The van der Waals surface area contributed by atoms with Gasteiger partial charge < -0.3 is 14.4 Å². The highest BCUT2D eigenvalue weighted by molar-refractivity contribution is 5.79. The van der Waals surface area contributed by atoms with Crippen LogP contribution in [0.15, 0.2) is 42.9 Å². The van der Waals surface area contributed by atoms with Crippen LogP contribution in [0.5, 0.6) is 11.6 Å². The maximum atomic E-state index is 12.4. The second kappa shape index (κ2) is 7.09. The van der Waals surface area contributed by atoms with Crippen molar-refractivity contribution in [3.8, 4) is 11.6 Å². The van der Waals surface area contributed by atoms with Gasteiger partial charge in [-0.2, -0.15) is 0 Å². The van der Waals surface area contributed by atoms with Crippen LogP contribution in [0.25, 0.3) is 0 Å². The van der Waals surface area contributed by atoms with Gasteiger partial charge in [-0.25, -0.2) is 4.98 Å². The highest BCUT2D eigenvalue weighted by atomic mass is 16.5. The van der Waals surface area contributed by atoms with E-state index >= 15 is 0 Å².